The molecule has 0 atom stereocenters. The molecule has 0 saturated carbocycles. The van der Waals surface area contributed by atoms with Crippen LogP contribution in [0.25, 0.3) is 0 Å². The molecule has 0 aliphatic carbocycles. The number of nitriles is 1. The minimum atomic E-state index is 0. The van der Waals surface area contributed by atoms with E-state index in [2.05, 4.69) is 9.97 Å². The number of aromatic nitrogens is 2. The first-order valence-corrected chi connectivity index (χ1v) is 4.15. The van der Waals surface area contributed by atoms with Crippen LogP contribution in [0.1, 0.15) is 0 Å². The third-order valence-electron chi connectivity index (χ3n) is 1.13. The van der Waals surface area contributed by atoms with Crippen LogP contribution >= 0.6 is 0 Å². The maximum Gasteiger partial charge on any atom is 0.283 e. The molecule has 0 amide bonds. The van der Waals surface area contributed by atoms with Gasteiger partial charge in [0.05, 0.1) is 0 Å². The molecule has 2 heterocycles. The summed E-state index contributed by atoms with van der Waals surface area (Å²) in [6.07, 6.45) is 7.75. The molecule has 2 aromatic heterocycles. The van der Waals surface area contributed by atoms with Crippen LogP contribution in [0.3, 0.4) is 0 Å². The predicted molar refractivity (Wildman–Crippen MR) is 56.0 cm³/mol. The monoisotopic (exact) mass is 308 g/mol. The minimum Gasteiger partial charge on any atom is -0.443 e. The fourth-order valence-corrected chi connectivity index (χ4v) is 0.625. The third kappa shape index (κ3) is 14.8. The molecule has 2 aromatic rings. The summed E-state index contributed by atoms with van der Waals surface area (Å²) in [6, 6.07) is 11.4. The Kier molecular flexibility index (Phi) is 16.5. The summed E-state index contributed by atoms with van der Waals surface area (Å²) in [5.74, 6) is 0. The van der Waals surface area contributed by atoms with E-state index in [9.17, 15) is 0 Å². The largest absolute Gasteiger partial charge is 0.443 e. The first-order valence-electron chi connectivity index (χ1n) is 4.15. The molecule has 0 aliphatic heterocycles. The van der Waals surface area contributed by atoms with Crippen molar-refractivity contribution in [2.45, 2.75) is 0 Å². The Hall–Kier alpha value is -1.67. The minimum absolute atomic E-state index is 0. The summed E-state index contributed by atoms with van der Waals surface area (Å²) in [6.45, 7) is 0. The number of aliphatic hydroxyl groups excluding tert-OH is 1. The van der Waals surface area contributed by atoms with Crippen LogP contribution in [0.5, 0.6) is 0 Å². The van der Waals surface area contributed by atoms with Gasteiger partial charge in [-0.05, 0) is 24.3 Å². The number of rotatable bonds is 0. The molecule has 2 rings (SSSR count). The molecule has 16 heavy (non-hydrogen) atoms. The van der Waals surface area contributed by atoms with Crippen LogP contribution in [0.15, 0.2) is 61.2 Å². The fourth-order valence-electron chi connectivity index (χ4n) is 0.625. The third-order valence-corrected chi connectivity index (χ3v) is 1.13. The number of nitrogens with zero attached hydrogens (tertiary/aromatic N) is 3. The van der Waals surface area contributed by atoms with Crippen molar-refractivity contribution in [3.05, 3.63) is 61.2 Å². The van der Waals surface area contributed by atoms with Gasteiger partial charge in [-0.1, -0.05) is 12.1 Å². The van der Waals surface area contributed by atoms with Crippen LogP contribution < -0.4 is 0 Å². The molecular weight excluding hydrogens is 298 g/mol. The van der Waals surface area contributed by atoms with E-state index in [4.69, 9.17) is 10.4 Å². The van der Waals surface area contributed by atoms with Crippen LogP contribution in [-0.4, -0.2) is 15.1 Å². The Bertz CT molecular complexity index is 266. The molecular formula is C11H11AgN3O. The molecule has 0 aliphatic rings. The second-order valence-electron chi connectivity index (χ2n) is 2.15. The second-order valence-corrected chi connectivity index (χ2v) is 2.15. The van der Waals surface area contributed by atoms with E-state index in [1.54, 1.807) is 24.8 Å². The van der Waals surface area contributed by atoms with Gasteiger partial charge in [0.15, 0.2) is 0 Å². The predicted octanol–water partition coefficient (Wildman–Crippen LogP) is 2.00. The van der Waals surface area contributed by atoms with Gasteiger partial charge in [-0.25, -0.2) is 0 Å². The molecule has 0 aromatic carbocycles. The van der Waals surface area contributed by atoms with Gasteiger partial charge in [0.1, 0.15) is 0 Å². The van der Waals surface area contributed by atoms with Crippen LogP contribution in [-0.2, 0) is 22.4 Å². The van der Waals surface area contributed by atoms with E-state index in [1.165, 1.54) is 0 Å². The van der Waals surface area contributed by atoms with Crippen molar-refractivity contribution >= 4 is 0 Å². The van der Waals surface area contributed by atoms with Crippen molar-refractivity contribution < 1.29 is 27.5 Å². The number of aliphatic hydroxyl groups is 1. The molecule has 87 valence electrons. The molecule has 0 fully saturated rings. The first-order chi connectivity index (χ1) is 7.41. The first kappa shape index (κ1) is 16.7. The molecule has 4 nitrogen and oxygen atoms in total. The van der Waals surface area contributed by atoms with Crippen molar-refractivity contribution in [2.24, 2.45) is 0 Å². The number of hydrogen-bond acceptors (Lipinski definition) is 4. The van der Waals surface area contributed by atoms with Gasteiger partial charge in [0, 0.05) is 47.2 Å². The van der Waals surface area contributed by atoms with Crippen LogP contribution in [0, 0.1) is 11.5 Å². The zero-order valence-electron chi connectivity index (χ0n) is 8.36. The molecule has 0 spiro atoms. The van der Waals surface area contributed by atoms with Gasteiger partial charge in [-0.3, -0.25) is 9.97 Å². The van der Waals surface area contributed by atoms with E-state index in [1.807, 2.05) is 36.4 Å². The van der Waals surface area contributed by atoms with E-state index in [-0.39, 0.29) is 22.4 Å². The number of pyridine rings is 2. The van der Waals surface area contributed by atoms with Crippen LogP contribution in [0.2, 0.25) is 0 Å². The Balaban J connectivity index is 0. The average Bonchev–Trinajstić information content (AvgIpc) is 2.35. The Labute approximate surface area is 110 Å². The van der Waals surface area contributed by atoms with Crippen molar-refractivity contribution in [2.75, 3.05) is 0 Å². The fraction of sp³-hybridized carbons (Fsp3) is 0. The smallest absolute Gasteiger partial charge is 0.283 e. The molecule has 0 bridgehead atoms. The Morgan fingerprint density at radius 2 is 1.00 bits per heavy atom. The van der Waals surface area contributed by atoms with E-state index in [0.717, 1.165) is 6.26 Å². The molecule has 0 saturated heterocycles. The van der Waals surface area contributed by atoms with Crippen molar-refractivity contribution in [3.8, 4) is 6.26 Å². The standard InChI is InChI=1S/2C5H5N.CHNO.Ag/c2*1-2-4-6-5-3-1;2-1-3;/h2*1-5H;3H;. The molecule has 5 heteroatoms. The maximum atomic E-state index is 6.88. The van der Waals surface area contributed by atoms with Gasteiger partial charge < -0.3 is 5.11 Å². The van der Waals surface area contributed by atoms with E-state index in [0.29, 0.717) is 0 Å². The topological polar surface area (TPSA) is 69.8 Å². The van der Waals surface area contributed by atoms with Gasteiger partial charge in [0.25, 0.3) is 6.26 Å². The summed E-state index contributed by atoms with van der Waals surface area (Å²) >= 11 is 0. The van der Waals surface area contributed by atoms with Gasteiger partial charge in [-0.2, -0.15) is 5.26 Å². The summed E-state index contributed by atoms with van der Waals surface area (Å²) in [5, 5.41) is 13.8. The van der Waals surface area contributed by atoms with Gasteiger partial charge in [0.2, 0.25) is 0 Å². The second kappa shape index (κ2) is 15.8. The Morgan fingerprint density at radius 3 is 1.06 bits per heavy atom. The summed E-state index contributed by atoms with van der Waals surface area (Å²) in [7, 11) is 0. The summed E-state index contributed by atoms with van der Waals surface area (Å²) in [4.78, 5) is 7.57. The molecule has 1 radical (unpaired) electrons. The van der Waals surface area contributed by atoms with Gasteiger partial charge >= 0.3 is 0 Å². The van der Waals surface area contributed by atoms with E-state index >= 15 is 0 Å². The molecule has 0 unspecified atom stereocenters. The van der Waals surface area contributed by atoms with Gasteiger partial charge in [-0.15, -0.1) is 0 Å². The zero-order chi connectivity index (χ0) is 11.2. The molecule has 1 N–H and O–H groups in total. The summed E-state index contributed by atoms with van der Waals surface area (Å²) < 4.78 is 0. The quantitative estimate of drug-likeness (QED) is 0.597. The van der Waals surface area contributed by atoms with E-state index < -0.39 is 0 Å². The summed E-state index contributed by atoms with van der Waals surface area (Å²) in [5.41, 5.74) is 0. The Morgan fingerprint density at radius 1 is 0.750 bits per heavy atom. The van der Waals surface area contributed by atoms with Crippen molar-refractivity contribution in [3.63, 3.8) is 0 Å². The zero-order valence-corrected chi connectivity index (χ0v) is 9.85. The maximum absolute atomic E-state index is 6.88. The normalized spacial score (nSPS) is 6.44. The SMILES string of the molecule is N#CO.[Ag].c1ccncc1.c1ccncc1. The van der Waals surface area contributed by atoms with Crippen LogP contribution in [0.4, 0.5) is 0 Å². The average molecular weight is 309 g/mol. The number of hydrogen-bond donors (Lipinski definition) is 1. The van der Waals surface area contributed by atoms with Crippen molar-refractivity contribution in [1.29, 1.82) is 5.26 Å². The van der Waals surface area contributed by atoms with Crippen molar-refractivity contribution in [1.82, 2.24) is 9.97 Å².